The number of anilines is 1. The first-order valence-electron chi connectivity index (χ1n) is 7.77. The van der Waals surface area contributed by atoms with Gasteiger partial charge in [-0.2, -0.15) is 0 Å². The molecule has 0 fully saturated rings. The van der Waals surface area contributed by atoms with Gasteiger partial charge in [-0.1, -0.05) is 12.1 Å². The first-order valence-corrected chi connectivity index (χ1v) is 7.77. The zero-order valence-corrected chi connectivity index (χ0v) is 13.1. The third-order valence-corrected chi connectivity index (χ3v) is 4.19. The fraction of sp³-hybridized carbons (Fsp3) is 0.105. The van der Waals surface area contributed by atoms with Crippen molar-refractivity contribution in [2.75, 3.05) is 5.32 Å². The SMILES string of the molecule is O=C1c2ccccc2N[C@H](c2ccc(F)cc2F)N1Cc1ccco1. The van der Waals surface area contributed by atoms with Crippen molar-refractivity contribution in [1.29, 1.82) is 0 Å². The summed E-state index contributed by atoms with van der Waals surface area (Å²) in [6.07, 6.45) is 0.742. The van der Waals surface area contributed by atoms with Crippen molar-refractivity contribution in [3.63, 3.8) is 0 Å². The molecule has 1 amide bonds. The van der Waals surface area contributed by atoms with Gasteiger partial charge in [0.15, 0.2) is 0 Å². The molecule has 0 bridgehead atoms. The maximum absolute atomic E-state index is 14.3. The van der Waals surface area contributed by atoms with Crippen LogP contribution in [0.1, 0.15) is 27.8 Å². The topological polar surface area (TPSA) is 45.5 Å². The van der Waals surface area contributed by atoms with Gasteiger partial charge in [-0.3, -0.25) is 4.79 Å². The van der Waals surface area contributed by atoms with E-state index in [1.165, 1.54) is 23.3 Å². The third kappa shape index (κ3) is 2.76. The number of fused-ring (bicyclic) bond motifs is 1. The maximum atomic E-state index is 14.3. The first-order chi connectivity index (χ1) is 12.1. The summed E-state index contributed by atoms with van der Waals surface area (Å²) >= 11 is 0. The number of nitrogens with zero attached hydrogens (tertiary/aromatic N) is 1. The summed E-state index contributed by atoms with van der Waals surface area (Å²) in [6, 6.07) is 13.8. The van der Waals surface area contributed by atoms with Crippen molar-refractivity contribution in [2.45, 2.75) is 12.7 Å². The predicted molar refractivity (Wildman–Crippen MR) is 87.7 cm³/mol. The van der Waals surface area contributed by atoms with Gasteiger partial charge in [-0.05, 0) is 36.4 Å². The fourth-order valence-electron chi connectivity index (χ4n) is 3.00. The highest BCUT2D eigenvalue weighted by Gasteiger charge is 2.34. The number of amides is 1. The Morgan fingerprint density at radius 3 is 2.68 bits per heavy atom. The molecule has 1 aliphatic rings. The molecular formula is C19H14F2N2O2. The number of hydrogen-bond acceptors (Lipinski definition) is 3. The molecule has 1 aromatic heterocycles. The average molecular weight is 340 g/mol. The standard InChI is InChI=1S/C19H14F2N2O2/c20-12-7-8-14(16(21)10-12)18-22-17-6-2-1-5-15(17)19(24)23(18)11-13-4-3-9-25-13/h1-10,18,22H,11H2/t18-/m0/s1. The van der Waals surface area contributed by atoms with E-state index in [4.69, 9.17) is 4.42 Å². The number of carbonyl (C=O) groups is 1. The van der Waals surface area contributed by atoms with E-state index >= 15 is 0 Å². The van der Waals surface area contributed by atoms with Crippen LogP contribution >= 0.6 is 0 Å². The summed E-state index contributed by atoms with van der Waals surface area (Å²) in [7, 11) is 0. The average Bonchev–Trinajstić information content (AvgIpc) is 3.11. The molecule has 0 saturated heterocycles. The van der Waals surface area contributed by atoms with Crippen LogP contribution in [0.3, 0.4) is 0 Å². The minimum Gasteiger partial charge on any atom is -0.467 e. The predicted octanol–water partition coefficient (Wildman–Crippen LogP) is 4.32. The quantitative estimate of drug-likeness (QED) is 0.772. The van der Waals surface area contributed by atoms with Gasteiger partial charge in [0.2, 0.25) is 0 Å². The zero-order chi connectivity index (χ0) is 17.4. The van der Waals surface area contributed by atoms with Crippen LogP contribution in [0.2, 0.25) is 0 Å². The van der Waals surface area contributed by atoms with E-state index in [0.29, 0.717) is 17.0 Å². The first kappa shape index (κ1) is 15.4. The Bertz CT molecular complexity index is 925. The normalized spacial score (nSPS) is 16.5. The molecule has 4 rings (SSSR count). The molecule has 3 aromatic rings. The van der Waals surface area contributed by atoms with Crippen LogP contribution in [0.15, 0.2) is 65.3 Å². The van der Waals surface area contributed by atoms with E-state index in [0.717, 1.165) is 6.07 Å². The van der Waals surface area contributed by atoms with Gasteiger partial charge in [0.1, 0.15) is 23.6 Å². The molecule has 6 heteroatoms. The van der Waals surface area contributed by atoms with Crippen LogP contribution < -0.4 is 5.32 Å². The van der Waals surface area contributed by atoms with Crippen LogP contribution in [0.4, 0.5) is 14.5 Å². The van der Waals surface area contributed by atoms with Crippen LogP contribution in [0.25, 0.3) is 0 Å². The lowest BCUT2D eigenvalue weighted by molar-refractivity contribution is 0.0648. The molecule has 2 heterocycles. The van der Waals surface area contributed by atoms with E-state index in [1.807, 2.05) is 0 Å². The lowest BCUT2D eigenvalue weighted by Crippen LogP contribution is -2.42. The fourth-order valence-corrected chi connectivity index (χ4v) is 3.00. The van der Waals surface area contributed by atoms with Crippen molar-refractivity contribution in [2.24, 2.45) is 0 Å². The molecule has 0 unspecified atom stereocenters. The summed E-state index contributed by atoms with van der Waals surface area (Å²) in [6.45, 7) is 0.161. The number of carbonyl (C=O) groups excluding carboxylic acids is 1. The van der Waals surface area contributed by atoms with Crippen molar-refractivity contribution in [1.82, 2.24) is 4.90 Å². The summed E-state index contributed by atoms with van der Waals surface area (Å²) in [5.74, 6) is -1.06. The molecule has 0 saturated carbocycles. The molecule has 4 nitrogen and oxygen atoms in total. The van der Waals surface area contributed by atoms with Gasteiger partial charge in [-0.25, -0.2) is 8.78 Å². The van der Waals surface area contributed by atoms with E-state index < -0.39 is 17.8 Å². The number of rotatable bonds is 3. The van der Waals surface area contributed by atoms with Gasteiger partial charge < -0.3 is 14.6 Å². The van der Waals surface area contributed by atoms with Crippen LogP contribution in [0, 0.1) is 11.6 Å². The van der Waals surface area contributed by atoms with Crippen LogP contribution in [0.5, 0.6) is 0 Å². The highest BCUT2D eigenvalue weighted by molar-refractivity contribution is 6.01. The highest BCUT2D eigenvalue weighted by atomic mass is 19.1. The van der Waals surface area contributed by atoms with Crippen molar-refractivity contribution < 1.29 is 18.0 Å². The summed E-state index contributed by atoms with van der Waals surface area (Å²) < 4.78 is 33.0. The molecule has 126 valence electrons. The number of nitrogens with one attached hydrogen (secondary N) is 1. The van der Waals surface area contributed by atoms with Crippen molar-refractivity contribution >= 4 is 11.6 Å². The summed E-state index contributed by atoms with van der Waals surface area (Å²) in [5.41, 5.74) is 1.29. The molecule has 25 heavy (non-hydrogen) atoms. The molecule has 2 aromatic carbocycles. The summed E-state index contributed by atoms with van der Waals surface area (Å²) in [5, 5.41) is 3.17. The molecule has 0 spiro atoms. The number of para-hydroxylation sites is 1. The van der Waals surface area contributed by atoms with Gasteiger partial charge in [0, 0.05) is 17.3 Å². The Morgan fingerprint density at radius 2 is 1.92 bits per heavy atom. The van der Waals surface area contributed by atoms with E-state index in [9.17, 15) is 13.6 Å². The Balaban J connectivity index is 1.80. The maximum Gasteiger partial charge on any atom is 0.258 e. The van der Waals surface area contributed by atoms with Crippen molar-refractivity contribution in [3.05, 3.63) is 89.4 Å². The third-order valence-electron chi connectivity index (χ3n) is 4.19. The molecule has 1 N–H and O–H groups in total. The Morgan fingerprint density at radius 1 is 1.08 bits per heavy atom. The number of benzene rings is 2. The Labute approximate surface area is 142 Å². The Kier molecular flexibility index (Phi) is 3.72. The van der Waals surface area contributed by atoms with Gasteiger partial charge in [0.25, 0.3) is 5.91 Å². The Hall–Kier alpha value is -3.15. The largest absolute Gasteiger partial charge is 0.467 e. The monoisotopic (exact) mass is 340 g/mol. The minimum atomic E-state index is -0.770. The highest BCUT2D eigenvalue weighted by Crippen LogP contribution is 2.35. The molecule has 0 aliphatic carbocycles. The number of furan rings is 1. The summed E-state index contributed by atoms with van der Waals surface area (Å²) in [4.78, 5) is 14.4. The minimum absolute atomic E-state index is 0.161. The second-order valence-corrected chi connectivity index (χ2v) is 5.77. The number of halogens is 2. The van der Waals surface area contributed by atoms with E-state index in [2.05, 4.69) is 5.32 Å². The molecule has 0 radical (unpaired) electrons. The van der Waals surface area contributed by atoms with Gasteiger partial charge in [0.05, 0.1) is 18.4 Å². The van der Waals surface area contributed by atoms with Gasteiger partial charge >= 0.3 is 0 Å². The van der Waals surface area contributed by atoms with Crippen LogP contribution in [-0.4, -0.2) is 10.8 Å². The molecular weight excluding hydrogens is 326 g/mol. The molecule has 1 atom stereocenters. The smallest absolute Gasteiger partial charge is 0.258 e. The lowest BCUT2D eigenvalue weighted by atomic mass is 10.0. The number of hydrogen-bond donors (Lipinski definition) is 1. The van der Waals surface area contributed by atoms with Crippen LogP contribution in [-0.2, 0) is 6.54 Å². The zero-order valence-electron chi connectivity index (χ0n) is 13.1. The second-order valence-electron chi connectivity index (χ2n) is 5.77. The van der Waals surface area contributed by atoms with E-state index in [1.54, 1.807) is 36.4 Å². The van der Waals surface area contributed by atoms with Gasteiger partial charge in [-0.15, -0.1) is 0 Å². The van der Waals surface area contributed by atoms with E-state index in [-0.39, 0.29) is 18.0 Å². The lowest BCUT2D eigenvalue weighted by Gasteiger charge is -2.37. The van der Waals surface area contributed by atoms with Crippen molar-refractivity contribution in [3.8, 4) is 0 Å². The second kappa shape index (κ2) is 6.05. The molecule has 1 aliphatic heterocycles.